The van der Waals surface area contributed by atoms with Gasteiger partial charge >= 0.3 is 0 Å². The third-order valence-electron chi connectivity index (χ3n) is 2.70. The maximum absolute atomic E-state index is 5.69. The van der Waals surface area contributed by atoms with Crippen molar-refractivity contribution < 1.29 is 4.42 Å². The van der Waals surface area contributed by atoms with Crippen molar-refractivity contribution in [3.8, 4) is 0 Å². The van der Waals surface area contributed by atoms with Crippen LogP contribution in [0, 0.1) is 0 Å². The predicted octanol–water partition coefficient (Wildman–Crippen LogP) is 2.18. The highest BCUT2D eigenvalue weighted by Crippen LogP contribution is 2.37. The molecule has 1 N–H and O–H groups in total. The van der Waals surface area contributed by atoms with Gasteiger partial charge in [-0.3, -0.25) is 0 Å². The van der Waals surface area contributed by atoms with Crippen LogP contribution in [-0.4, -0.2) is 29.0 Å². The Balaban J connectivity index is 1.85. The molecule has 1 aromatic rings. The molecule has 0 aromatic carbocycles. The molecular weight excluding hydrogens is 222 g/mol. The number of hydrogen-bond donors (Lipinski definition) is 1. The molecule has 0 radical (unpaired) electrons. The van der Waals surface area contributed by atoms with Crippen molar-refractivity contribution in [1.82, 2.24) is 15.5 Å². The largest absolute Gasteiger partial charge is 0.424 e. The zero-order valence-corrected chi connectivity index (χ0v) is 10.6. The van der Waals surface area contributed by atoms with Gasteiger partial charge in [0.1, 0.15) is 0 Å². The molecule has 1 atom stereocenters. The van der Waals surface area contributed by atoms with Crippen molar-refractivity contribution in [3.05, 3.63) is 11.8 Å². The highest BCUT2D eigenvalue weighted by molar-refractivity contribution is 7.99. The van der Waals surface area contributed by atoms with Gasteiger partial charge in [-0.05, 0) is 25.1 Å². The minimum atomic E-state index is 0.439. The van der Waals surface area contributed by atoms with E-state index in [0.29, 0.717) is 5.25 Å². The fraction of sp³-hybridized carbons (Fsp3) is 0.818. The summed E-state index contributed by atoms with van der Waals surface area (Å²) < 4.78 is 5.69. The van der Waals surface area contributed by atoms with Crippen molar-refractivity contribution in [1.29, 1.82) is 0 Å². The number of thioether (sulfide) groups is 1. The third-order valence-corrected chi connectivity index (χ3v) is 4.07. The summed E-state index contributed by atoms with van der Waals surface area (Å²) in [5.41, 5.74) is 0. The molecule has 5 heteroatoms. The van der Waals surface area contributed by atoms with E-state index < -0.39 is 0 Å². The van der Waals surface area contributed by atoms with Crippen LogP contribution < -0.4 is 5.32 Å². The van der Waals surface area contributed by atoms with Gasteiger partial charge in [-0.25, -0.2) is 0 Å². The Labute approximate surface area is 101 Å². The Morgan fingerprint density at radius 2 is 2.38 bits per heavy atom. The Kier molecular flexibility index (Phi) is 4.66. The lowest BCUT2D eigenvalue weighted by molar-refractivity contribution is 0.432. The van der Waals surface area contributed by atoms with Gasteiger partial charge in [-0.1, -0.05) is 13.3 Å². The second-order valence-corrected chi connectivity index (χ2v) is 5.30. The van der Waals surface area contributed by atoms with E-state index >= 15 is 0 Å². The van der Waals surface area contributed by atoms with Gasteiger partial charge in [0.15, 0.2) is 0 Å². The molecule has 0 spiro atoms. The molecule has 0 saturated carbocycles. The van der Waals surface area contributed by atoms with Crippen LogP contribution in [0.3, 0.4) is 0 Å². The van der Waals surface area contributed by atoms with Crippen molar-refractivity contribution in [2.75, 3.05) is 18.8 Å². The quantitative estimate of drug-likeness (QED) is 0.801. The van der Waals surface area contributed by atoms with Crippen LogP contribution in [0.5, 0.6) is 0 Å². The highest BCUT2D eigenvalue weighted by atomic mass is 32.2. The summed E-state index contributed by atoms with van der Waals surface area (Å²) in [6.45, 7) is 3.99. The van der Waals surface area contributed by atoms with Crippen LogP contribution in [0.4, 0.5) is 0 Å². The van der Waals surface area contributed by atoms with Crippen molar-refractivity contribution in [2.45, 2.75) is 37.9 Å². The van der Waals surface area contributed by atoms with Gasteiger partial charge in [0.25, 0.3) is 0 Å². The monoisotopic (exact) mass is 241 g/mol. The summed E-state index contributed by atoms with van der Waals surface area (Å²) in [6.07, 6.45) is 4.62. The van der Waals surface area contributed by atoms with Crippen molar-refractivity contribution in [3.63, 3.8) is 0 Å². The lowest BCUT2D eigenvalue weighted by Crippen LogP contribution is -2.16. The van der Waals surface area contributed by atoms with Gasteiger partial charge in [-0.15, -0.1) is 22.0 Å². The highest BCUT2D eigenvalue weighted by Gasteiger charge is 2.21. The normalized spacial score (nSPS) is 21.2. The fourth-order valence-corrected chi connectivity index (χ4v) is 3.03. The molecule has 1 aliphatic heterocycles. The molecule has 0 aliphatic carbocycles. The molecule has 0 bridgehead atoms. The van der Waals surface area contributed by atoms with Crippen molar-refractivity contribution >= 4 is 11.8 Å². The van der Waals surface area contributed by atoms with E-state index in [1.165, 1.54) is 25.0 Å². The van der Waals surface area contributed by atoms with Gasteiger partial charge in [-0.2, -0.15) is 0 Å². The minimum Gasteiger partial charge on any atom is -0.424 e. The summed E-state index contributed by atoms with van der Waals surface area (Å²) in [5, 5.41) is 11.9. The molecule has 4 nitrogen and oxygen atoms in total. The molecule has 1 saturated heterocycles. The number of likely N-dealkylation sites (N-methyl/N-ethyl adjacent to an activating group) is 1. The molecule has 2 rings (SSSR count). The maximum Gasteiger partial charge on any atom is 0.229 e. The summed E-state index contributed by atoms with van der Waals surface area (Å²) in [7, 11) is 0. The van der Waals surface area contributed by atoms with Gasteiger partial charge in [0.2, 0.25) is 11.8 Å². The van der Waals surface area contributed by atoms with E-state index in [4.69, 9.17) is 4.42 Å². The third kappa shape index (κ3) is 3.22. The second-order valence-electron chi connectivity index (χ2n) is 3.99. The van der Waals surface area contributed by atoms with Gasteiger partial charge in [0.05, 0.1) is 5.25 Å². The molecule has 1 unspecified atom stereocenters. The second kappa shape index (κ2) is 6.25. The standard InChI is InChI=1S/C11H19N3OS/c1-2-12-7-6-10-13-14-11(15-10)9-5-3-4-8-16-9/h9,12H,2-8H2,1H3. The first kappa shape index (κ1) is 11.9. The van der Waals surface area contributed by atoms with Crippen LogP contribution in [-0.2, 0) is 6.42 Å². The number of nitrogens with zero attached hydrogens (tertiary/aromatic N) is 2. The Morgan fingerprint density at radius 3 is 3.12 bits per heavy atom. The van der Waals surface area contributed by atoms with E-state index in [1.807, 2.05) is 11.8 Å². The van der Waals surface area contributed by atoms with E-state index in [9.17, 15) is 0 Å². The molecular formula is C11H19N3OS. The molecule has 1 aromatic heterocycles. The zero-order valence-electron chi connectivity index (χ0n) is 9.74. The molecule has 1 aliphatic rings. The van der Waals surface area contributed by atoms with Gasteiger partial charge in [0, 0.05) is 13.0 Å². The van der Waals surface area contributed by atoms with Gasteiger partial charge < -0.3 is 9.73 Å². The molecule has 2 heterocycles. The smallest absolute Gasteiger partial charge is 0.229 e. The molecule has 16 heavy (non-hydrogen) atoms. The zero-order chi connectivity index (χ0) is 11.2. The molecule has 0 amide bonds. The van der Waals surface area contributed by atoms with Crippen LogP contribution >= 0.6 is 11.8 Å². The first-order valence-electron chi connectivity index (χ1n) is 6.04. The average Bonchev–Trinajstić information content (AvgIpc) is 2.79. The van der Waals surface area contributed by atoms with Crippen LogP contribution in [0.2, 0.25) is 0 Å². The van der Waals surface area contributed by atoms with E-state index in [0.717, 1.165) is 31.3 Å². The van der Waals surface area contributed by atoms with Crippen LogP contribution in [0.1, 0.15) is 43.2 Å². The number of nitrogens with one attached hydrogen (secondary N) is 1. The topological polar surface area (TPSA) is 51.0 Å². The SMILES string of the molecule is CCNCCc1nnc(C2CCCCS2)o1. The first-order valence-corrected chi connectivity index (χ1v) is 7.09. The predicted molar refractivity (Wildman–Crippen MR) is 65.6 cm³/mol. The summed E-state index contributed by atoms with van der Waals surface area (Å²) in [4.78, 5) is 0. The number of rotatable bonds is 5. The first-order chi connectivity index (χ1) is 7.90. The minimum absolute atomic E-state index is 0.439. The Hall–Kier alpha value is -0.550. The van der Waals surface area contributed by atoms with E-state index in [-0.39, 0.29) is 0 Å². The molecule has 1 fully saturated rings. The number of hydrogen-bond acceptors (Lipinski definition) is 5. The van der Waals surface area contributed by atoms with E-state index in [1.54, 1.807) is 0 Å². The van der Waals surface area contributed by atoms with E-state index in [2.05, 4.69) is 22.4 Å². The maximum atomic E-state index is 5.69. The fourth-order valence-electron chi connectivity index (χ4n) is 1.81. The summed E-state index contributed by atoms with van der Waals surface area (Å²) in [5.74, 6) is 2.82. The lowest BCUT2D eigenvalue weighted by atomic mass is 10.2. The summed E-state index contributed by atoms with van der Waals surface area (Å²) in [6, 6.07) is 0. The summed E-state index contributed by atoms with van der Waals surface area (Å²) >= 11 is 1.95. The van der Waals surface area contributed by atoms with Crippen LogP contribution in [0.15, 0.2) is 4.42 Å². The lowest BCUT2D eigenvalue weighted by Gasteiger charge is -2.17. The Morgan fingerprint density at radius 1 is 1.44 bits per heavy atom. The van der Waals surface area contributed by atoms with Crippen LogP contribution in [0.25, 0.3) is 0 Å². The van der Waals surface area contributed by atoms with Crippen molar-refractivity contribution in [2.24, 2.45) is 0 Å². The molecule has 90 valence electrons. The number of aromatic nitrogens is 2. The Bertz CT molecular complexity index is 310. The average molecular weight is 241 g/mol.